The third-order valence-corrected chi connectivity index (χ3v) is 1.61. The van der Waals surface area contributed by atoms with E-state index >= 15 is 0 Å². The zero-order valence-corrected chi connectivity index (χ0v) is 9.78. The van der Waals surface area contributed by atoms with Crippen molar-refractivity contribution < 1.29 is 9.31 Å². The Bertz CT molecular complexity index is 179. The Morgan fingerprint density at radius 3 is 1.79 bits per heavy atom. The second-order valence-electron chi connectivity index (χ2n) is 4.07. The molecule has 1 unspecified atom stereocenters. The maximum Gasteiger partial charge on any atom is 0.458 e. The SMILES string of the molecule is CC(C#N)CB(OC(C)C)OC(C)C. The predicted molar refractivity (Wildman–Crippen MR) is 57.8 cm³/mol. The molecule has 0 rings (SSSR count). The van der Waals surface area contributed by atoms with Crippen LogP contribution in [0.4, 0.5) is 0 Å². The van der Waals surface area contributed by atoms with Crippen LogP contribution in [0, 0.1) is 17.2 Å². The van der Waals surface area contributed by atoms with Crippen molar-refractivity contribution in [3.05, 3.63) is 0 Å². The predicted octanol–water partition coefficient (Wildman–Crippen LogP) is 2.48. The van der Waals surface area contributed by atoms with Crippen LogP contribution in [0.1, 0.15) is 34.6 Å². The summed E-state index contributed by atoms with van der Waals surface area (Å²) in [5.41, 5.74) is 0. The van der Waals surface area contributed by atoms with Gasteiger partial charge >= 0.3 is 7.12 Å². The highest BCUT2D eigenvalue weighted by atomic mass is 16.6. The average molecular weight is 197 g/mol. The molecule has 4 heteroatoms. The molecule has 0 aliphatic heterocycles. The Morgan fingerprint density at radius 2 is 1.50 bits per heavy atom. The van der Waals surface area contributed by atoms with Crippen molar-refractivity contribution in [2.24, 2.45) is 5.92 Å². The minimum Gasteiger partial charge on any atom is -0.409 e. The molecule has 0 aliphatic carbocycles. The first-order chi connectivity index (χ1) is 6.45. The summed E-state index contributed by atoms with van der Waals surface area (Å²) in [5.74, 6) is -0.0301. The van der Waals surface area contributed by atoms with Crippen molar-refractivity contribution >= 4 is 7.12 Å². The highest BCUT2D eigenvalue weighted by molar-refractivity contribution is 6.44. The summed E-state index contributed by atoms with van der Waals surface area (Å²) in [5, 5.41) is 8.69. The molecular formula is C10H20BNO2. The number of nitriles is 1. The normalized spacial score (nSPS) is 13.0. The maximum atomic E-state index is 8.69. The van der Waals surface area contributed by atoms with Crippen LogP contribution in [0.25, 0.3) is 0 Å². The van der Waals surface area contributed by atoms with E-state index in [1.165, 1.54) is 0 Å². The third kappa shape index (κ3) is 6.93. The first-order valence-electron chi connectivity index (χ1n) is 5.16. The lowest BCUT2D eigenvalue weighted by molar-refractivity contribution is 0.128. The summed E-state index contributed by atoms with van der Waals surface area (Å²) in [6.07, 6.45) is 0.890. The van der Waals surface area contributed by atoms with Gasteiger partial charge in [-0.1, -0.05) is 0 Å². The molecule has 0 amide bonds. The van der Waals surface area contributed by atoms with Gasteiger partial charge in [0, 0.05) is 18.1 Å². The Balaban J connectivity index is 4.04. The van der Waals surface area contributed by atoms with E-state index in [0.717, 1.165) is 0 Å². The number of rotatable bonds is 6. The van der Waals surface area contributed by atoms with Crippen molar-refractivity contribution in [1.29, 1.82) is 5.26 Å². The third-order valence-electron chi connectivity index (χ3n) is 1.61. The van der Waals surface area contributed by atoms with Crippen molar-refractivity contribution in [2.75, 3.05) is 0 Å². The van der Waals surface area contributed by atoms with E-state index < -0.39 is 0 Å². The first-order valence-corrected chi connectivity index (χ1v) is 5.16. The molecule has 0 aromatic rings. The molecule has 0 heterocycles. The van der Waals surface area contributed by atoms with Gasteiger partial charge in [0.25, 0.3) is 0 Å². The maximum absolute atomic E-state index is 8.69. The molecule has 80 valence electrons. The average Bonchev–Trinajstić information content (AvgIpc) is 2.01. The lowest BCUT2D eigenvalue weighted by Gasteiger charge is -2.20. The topological polar surface area (TPSA) is 42.2 Å². The Hall–Kier alpha value is -0.525. The fourth-order valence-corrected chi connectivity index (χ4v) is 1.09. The minimum atomic E-state index is -0.260. The van der Waals surface area contributed by atoms with Gasteiger partial charge < -0.3 is 9.31 Å². The first kappa shape index (κ1) is 13.5. The smallest absolute Gasteiger partial charge is 0.409 e. The fourth-order valence-electron chi connectivity index (χ4n) is 1.09. The van der Waals surface area contributed by atoms with Gasteiger partial charge in [0.15, 0.2) is 0 Å². The van der Waals surface area contributed by atoms with Crippen LogP contribution in [-0.4, -0.2) is 19.3 Å². The molecular weight excluding hydrogens is 177 g/mol. The Kier molecular flexibility index (Phi) is 6.60. The summed E-state index contributed by atoms with van der Waals surface area (Å²) in [6.45, 7) is 9.74. The van der Waals surface area contributed by atoms with Gasteiger partial charge in [-0.2, -0.15) is 5.26 Å². The van der Waals surface area contributed by atoms with Crippen LogP contribution in [0.5, 0.6) is 0 Å². The monoisotopic (exact) mass is 197 g/mol. The molecule has 1 atom stereocenters. The zero-order chi connectivity index (χ0) is 11.1. The molecule has 14 heavy (non-hydrogen) atoms. The van der Waals surface area contributed by atoms with Gasteiger partial charge in [0.05, 0.1) is 6.07 Å². The van der Waals surface area contributed by atoms with Crippen molar-refractivity contribution in [3.8, 4) is 6.07 Å². The molecule has 0 spiro atoms. The minimum absolute atomic E-state index is 0.0301. The largest absolute Gasteiger partial charge is 0.458 e. The molecule has 0 aromatic carbocycles. The lowest BCUT2D eigenvalue weighted by Crippen LogP contribution is -2.30. The summed E-state index contributed by atoms with van der Waals surface area (Å²) in [4.78, 5) is 0. The van der Waals surface area contributed by atoms with E-state index in [-0.39, 0.29) is 25.2 Å². The Morgan fingerprint density at radius 1 is 1.07 bits per heavy atom. The van der Waals surface area contributed by atoms with Gasteiger partial charge in [0.1, 0.15) is 0 Å². The molecule has 0 aliphatic rings. The molecule has 0 saturated heterocycles. The lowest BCUT2D eigenvalue weighted by atomic mass is 9.77. The number of hydrogen-bond acceptors (Lipinski definition) is 3. The summed E-state index contributed by atoms with van der Waals surface area (Å²) >= 11 is 0. The highest BCUT2D eigenvalue weighted by Gasteiger charge is 2.23. The van der Waals surface area contributed by atoms with Gasteiger partial charge in [-0.25, -0.2) is 0 Å². The van der Waals surface area contributed by atoms with Crippen molar-refractivity contribution in [2.45, 2.75) is 53.1 Å². The van der Waals surface area contributed by atoms with E-state index in [0.29, 0.717) is 6.32 Å². The zero-order valence-electron chi connectivity index (χ0n) is 9.78. The summed E-state index contributed by atoms with van der Waals surface area (Å²) < 4.78 is 11.1. The van der Waals surface area contributed by atoms with E-state index in [2.05, 4.69) is 6.07 Å². The number of hydrogen-bond donors (Lipinski definition) is 0. The summed E-state index contributed by atoms with van der Waals surface area (Å²) in [7, 11) is -0.260. The second kappa shape index (κ2) is 6.86. The van der Waals surface area contributed by atoms with E-state index in [1.807, 2.05) is 34.6 Å². The van der Waals surface area contributed by atoms with Crippen molar-refractivity contribution in [1.82, 2.24) is 0 Å². The van der Waals surface area contributed by atoms with E-state index in [4.69, 9.17) is 14.6 Å². The van der Waals surface area contributed by atoms with Crippen LogP contribution in [0.3, 0.4) is 0 Å². The molecule has 0 saturated carbocycles. The second-order valence-corrected chi connectivity index (χ2v) is 4.07. The van der Waals surface area contributed by atoms with Crippen molar-refractivity contribution in [3.63, 3.8) is 0 Å². The van der Waals surface area contributed by atoms with Crippen LogP contribution in [-0.2, 0) is 9.31 Å². The van der Waals surface area contributed by atoms with Crippen LogP contribution in [0.15, 0.2) is 0 Å². The fraction of sp³-hybridized carbons (Fsp3) is 0.900. The van der Waals surface area contributed by atoms with Crippen LogP contribution < -0.4 is 0 Å². The quantitative estimate of drug-likeness (QED) is 0.614. The van der Waals surface area contributed by atoms with Crippen LogP contribution in [0.2, 0.25) is 6.32 Å². The molecule has 0 fully saturated rings. The molecule has 0 bridgehead atoms. The van der Waals surface area contributed by atoms with E-state index in [1.54, 1.807) is 0 Å². The molecule has 0 N–H and O–H groups in total. The summed E-state index contributed by atoms with van der Waals surface area (Å²) in [6, 6.07) is 2.18. The van der Waals surface area contributed by atoms with Gasteiger partial charge in [0.2, 0.25) is 0 Å². The Labute approximate surface area is 87.5 Å². The molecule has 0 radical (unpaired) electrons. The standard InChI is InChI=1S/C10H20BNO2/c1-8(2)13-11(14-9(3)4)6-10(5)7-12/h8-10H,6H2,1-5H3. The van der Waals surface area contributed by atoms with Gasteiger partial charge in [-0.05, 0) is 40.9 Å². The highest BCUT2D eigenvalue weighted by Crippen LogP contribution is 2.11. The van der Waals surface area contributed by atoms with Gasteiger partial charge in [-0.3, -0.25) is 0 Å². The van der Waals surface area contributed by atoms with E-state index in [9.17, 15) is 0 Å². The number of nitrogens with zero attached hydrogens (tertiary/aromatic N) is 1. The van der Waals surface area contributed by atoms with Gasteiger partial charge in [-0.15, -0.1) is 0 Å². The molecule has 3 nitrogen and oxygen atoms in total. The van der Waals surface area contributed by atoms with Crippen LogP contribution >= 0.6 is 0 Å². The molecule has 0 aromatic heterocycles.